The zero-order chi connectivity index (χ0) is 23.4. The molecular weight excluding hydrogens is 424 g/mol. The van der Waals surface area contributed by atoms with Gasteiger partial charge in [-0.1, -0.05) is 0 Å². The van der Waals surface area contributed by atoms with E-state index in [1.807, 2.05) is 17.9 Å². The van der Waals surface area contributed by atoms with E-state index in [1.54, 1.807) is 50.6 Å². The van der Waals surface area contributed by atoms with Crippen molar-refractivity contribution in [3.63, 3.8) is 0 Å². The first kappa shape index (κ1) is 22.7. The summed E-state index contributed by atoms with van der Waals surface area (Å²) >= 11 is 0. The number of benzene rings is 2. The van der Waals surface area contributed by atoms with E-state index in [0.29, 0.717) is 62.0 Å². The van der Waals surface area contributed by atoms with Crippen molar-refractivity contribution in [2.45, 2.75) is 13.5 Å². The molecule has 1 aliphatic rings. The number of nitrogens with zero attached hydrogens (tertiary/aromatic N) is 2. The molecule has 0 radical (unpaired) electrons. The van der Waals surface area contributed by atoms with Gasteiger partial charge in [0.05, 0.1) is 20.8 Å². The number of rotatable bonds is 7. The Morgan fingerprint density at radius 1 is 0.970 bits per heavy atom. The Balaban J connectivity index is 1.45. The van der Waals surface area contributed by atoms with Crippen LogP contribution >= 0.6 is 0 Å². The van der Waals surface area contributed by atoms with Crippen LogP contribution < -0.4 is 19.8 Å². The minimum atomic E-state index is -0.371. The van der Waals surface area contributed by atoms with Crippen LogP contribution in [0.25, 0.3) is 11.0 Å². The third-order valence-corrected chi connectivity index (χ3v) is 5.79. The van der Waals surface area contributed by atoms with Crippen molar-refractivity contribution in [3.05, 3.63) is 64.0 Å². The van der Waals surface area contributed by atoms with Crippen molar-refractivity contribution in [2.24, 2.45) is 0 Å². The third-order valence-electron chi connectivity index (χ3n) is 5.79. The first-order valence-corrected chi connectivity index (χ1v) is 11.0. The fraction of sp³-hybridized carbons (Fsp3) is 0.360. The number of piperazine rings is 1. The molecule has 3 aromatic rings. The van der Waals surface area contributed by atoms with Crippen molar-refractivity contribution < 1.29 is 23.4 Å². The highest BCUT2D eigenvalue weighted by Crippen LogP contribution is 2.28. The molecule has 0 bridgehead atoms. The highest BCUT2D eigenvalue weighted by Gasteiger charge is 2.24. The SMILES string of the molecule is CCOc1ccc2oc(=O)cc(CN3CCN(C(=O)c4ccc(OC)c(OC)c4)CC3)c2c1. The van der Waals surface area contributed by atoms with Crippen LogP contribution in [-0.4, -0.2) is 62.7 Å². The molecule has 1 amide bonds. The average Bonchev–Trinajstić information content (AvgIpc) is 2.84. The Kier molecular flexibility index (Phi) is 6.84. The van der Waals surface area contributed by atoms with E-state index in [-0.39, 0.29) is 11.5 Å². The fourth-order valence-electron chi connectivity index (χ4n) is 4.10. The Morgan fingerprint density at radius 2 is 1.73 bits per heavy atom. The molecule has 4 rings (SSSR count). The van der Waals surface area contributed by atoms with Crippen LogP contribution in [0.1, 0.15) is 22.8 Å². The second kappa shape index (κ2) is 9.95. The molecule has 0 saturated carbocycles. The van der Waals surface area contributed by atoms with Gasteiger partial charge in [-0.2, -0.15) is 0 Å². The van der Waals surface area contributed by atoms with Crippen LogP contribution in [-0.2, 0) is 6.54 Å². The summed E-state index contributed by atoms with van der Waals surface area (Å²) in [4.78, 5) is 29.1. The molecule has 8 heteroatoms. The molecule has 0 aliphatic carbocycles. The number of carbonyl (C=O) groups excluding carboxylic acids is 1. The zero-order valence-electron chi connectivity index (χ0n) is 19.1. The van der Waals surface area contributed by atoms with Crippen molar-refractivity contribution in [3.8, 4) is 17.2 Å². The van der Waals surface area contributed by atoms with E-state index in [1.165, 1.54) is 0 Å². The Labute approximate surface area is 192 Å². The van der Waals surface area contributed by atoms with Gasteiger partial charge in [0.15, 0.2) is 11.5 Å². The second-order valence-electron chi connectivity index (χ2n) is 7.82. The first-order chi connectivity index (χ1) is 16.0. The summed E-state index contributed by atoms with van der Waals surface area (Å²) < 4.78 is 21.5. The first-order valence-electron chi connectivity index (χ1n) is 11.0. The minimum Gasteiger partial charge on any atom is -0.494 e. The van der Waals surface area contributed by atoms with Gasteiger partial charge in [-0.15, -0.1) is 0 Å². The molecule has 0 N–H and O–H groups in total. The number of amides is 1. The summed E-state index contributed by atoms with van der Waals surface area (Å²) in [6, 6.07) is 12.2. The molecule has 2 heterocycles. The highest BCUT2D eigenvalue weighted by atomic mass is 16.5. The fourth-order valence-corrected chi connectivity index (χ4v) is 4.10. The molecule has 0 unspecified atom stereocenters. The number of methoxy groups -OCH3 is 2. The number of hydrogen-bond donors (Lipinski definition) is 0. The second-order valence-corrected chi connectivity index (χ2v) is 7.82. The summed E-state index contributed by atoms with van der Waals surface area (Å²) in [5.74, 6) is 1.82. The molecule has 0 atom stereocenters. The van der Waals surface area contributed by atoms with E-state index in [9.17, 15) is 9.59 Å². The van der Waals surface area contributed by atoms with Gasteiger partial charge in [0.25, 0.3) is 5.91 Å². The van der Waals surface area contributed by atoms with Crippen LogP contribution in [0.15, 0.2) is 51.7 Å². The quantitative estimate of drug-likeness (QED) is 0.510. The van der Waals surface area contributed by atoms with E-state index in [2.05, 4.69) is 4.90 Å². The van der Waals surface area contributed by atoms with Crippen molar-refractivity contribution >= 4 is 16.9 Å². The van der Waals surface area contributed by atoms with Gasteiger partial charge >= 0.3 is 5.63 Å². The van der Waals surface area contributed by atoms with Gasteiger partial charge in [0, 0.05) is 49.7 Å². The van der Waals surface area contributed by atoms with E-state index in [0.717, 1.165) is 16.7 Å². The largest absolute Gasteiger partial charge is 0.494 e. The van der Waals surface area contributed by atoms with Crippen molar-refractivity contribution in [1.29, 1.82) is 0 Å². The van der Waals surface area contributed by atoms with Crippen molar-refractivity contribution in [1.82, 2.24) is 9.80 Å². The summed E-state index contributed by atoms with van der Waals surface area (Å²) in [6.07, 6.45) is 0. The van der Waals surface area contributed by atoms with Gasteiger partial charge in [-0.05, 0) is 48.9 Å². The number of fused-ring (bicyclic) bond motifs is 1. The summed E-state index contributed by atoms with van der Waals surface area (Å²) in [7, 11) is 3.12. The topological polar surface area (TPSA) is 81.5 Å². The van der Waals surface area contributed by atoms with Crippen LogP contribution in [0.5, 0.6) is 17.2 Å². The lowest BCUT2D eigenvalue weighted by Crippen LogP contribution is -2.48. The smallest absolute Gasteiger partial charge is 0.336 e. The molecule has 1 saturated heterocycles. The lowest BCUT2D eigenvalue weighted by atomic mass is 10.1. The van der Waals surface area contributed by atoms with Gasteiger partial charge in [0.1, 0.15) is 11.3 Å². The molecule has 33 heavy (non-hydrogen) atoms. The maximum Gasteiger partial charge on any atom is 0.336 e. The molecule has 1 aromatic heterocycles. The molecule has 1 aliphatic heterocycles. The monoisotopic (exact) mass is 452 g/mol. The minimum absolute atomic E-state index is 0.0391. The van der Waals surface area contributed by atoms with E-state index < -0.39 is 0 Å². The highest BCUT2D eigenvalue weighted by molar-refractivity contribution is 5.95. The molecule has 2 aromatic carbocycles. The standard InChI is InChI=1S/C25H28N2O6/c1-4-32-19-6-8-21-20(15-19)18(14-24(28)33-21)16-26-9-11-27(12-10-26)25(29)17-5-7-22(30-2)23(13-17)31-3/h5-8,13-15H,4,9-12,16H2,1-3H3. The summed E-state index contributed by atoms with van der Waals surface area (Å²) in [5.41, 5.74) is 1.63. The average molecular weight is 453 g/mol. The maximum atomic E-state index is 13.0. The van der Waals surface area contributed by atoms with Crippen molar-refractivity contribution in [2.75, 3.05) is 47.0 Å². The van der Waals surface area contributed by atoms with Crippen LogP contribution in [0.3, 0.4) is 0 Å². The lowest BCUT2D eigenvalue weighted by Gasteiger charge is -2.35. The molecule has 174 valence electrons. The van der Waals surface area contributed by atoms with Gasteiger partial charge in [0.2, 0.25) is 0 Å². The molecular formula is C25H28N2O6. The Morgan fingerprint density at radius 3 is 2.42 bits per heavy atom. The van der Waals surface area contributed by atoms with Crippen LogP contribution in [0.2, 0.25) is 0 Å². The van der Waals surface area contributed by atoms with Crippen LogP contribution in [0, 0.1) is 0 Å². The molecule has 0 spiro atoms. The summed E-state index contributed by atoms with van der Waals surface area (Å²) in [6.45, 7) is 5.67. The van der Waals surface area contributed by atoms with E-state index >= 15 is 0 Å². The number of hydrogen-bond acceptors (Lipinski definition) is 7. The van der Waals surface area contributed by atoms with Gasteiger partial charge in [-0.3, -0.25) is 9.69 Å². The molecule has 1 fully saturated rings. The van der Waals surface area contributed by atoms with Crippen LogP contribution in [0.4, 0.5) is 0 Å². The number of ether oxygens (including phenoxy) is 3. The normalized spacial score (nSPS) is 14.3. The maximum absolute atomic E-state index is 13.0. The Bertz CT molecular complexity index is 1200. The number of carbonyl (C=O) groups is 1. The zero-order valence-corrected chi connectivity index (χ0v) is 19.1. The Hall–Kier alpha value is -3.52. The van der Waals surface area contributed by atoms with Gasteiger partial charge < -0.3 is 23.5 Å². The molecule has 8 nitrogen and oxygen atoms in total. The lowest BCUT2D eigenvalue weighted by molar-refractivity contribution is 0.0628. The predicted molar refractivity (Wildman–Crippen MR) is 124 cm³/mol. The van der Waals surface area contributed by atoms with E-state index in [4.69, 9.17) is 18.6 Å². The third kappa shape index (κ3) is 4.96. The van der Waals surface area contributed by atoms with Gasteiger partial charge in [-0.25, -0.2) is 4.79 Å². The predicted octanol–water partition coefficient (Wildman–Crippen LogP) is 3.17. The summed E-state index contributed by atoms with van der Waals surface area (Å²) in [5, 5.41) is 0.865.